The van der Waals surface area contributed by atoms with Gasteiger partial charge in [-0.05, 0) is 0 Å². The fraction of sp³-hybridized carbons (Fsp3) is 0. The Balaban J connectivity index is -0.0000000152. The van der Waals surface area contributed by atoms with Crippen molar-refractivity contribution in [3.05, 3.63) is 0 Å². The number of rotatable bonds is 0. The molecular formula is H6O19P4Zr3. The van der Waals surface area contributed by atoms with Crippen LogP contribution in [0.5, 0.6) is 0 Å². The van der Waals surface area contributed by atoms with Gasteiger partial charge in [-0.1, -0.05) is 0 Å². The zero-order valence-electron chi connectivity index (χ0n) is 11.3. The third-order valence-electron chi connectivity index (χ3n) is 0. The van der Waals surface area contributed by atoms with E-state index in [2.05, 4.69) is 0 Å². The molecule has 26 heteroatoms. The summed E-state index contributed by atoms with van der Waals surface area (Å²) in [4.78, 5) is 103. The zero-order valence-corrected chi connectivity index (χ0v) is 22.3. The second-order valence-electron chi connectivity index (χ2n) is 1.79. The van der Waals surface area contributed by atoms with E-state index >= 15 is 0 Å². The second-order valence-corrected chi connectivity index (χ2v) is 5.37. The van der Waals surface area contributed by atoms with Crippen LogP contribution in [-0.4, -0.2) is 16.4 Å². The fourth-order valence-electron chi connectivity index (χ4n) is 0. The summed E-state index contributed by atoms with van der Waals surface area (Å²) in [7, 11) is -21.6. The van der Waals surface area contributed by atoms with Crippen LogP contribution in [0.15, 0.2) is 0 Å². The van der Waals surface area contributed by atoms with E-state index in [1.165, 1.54) is 0 Å². The Labute approximate surface area is 201 Å². The number of phosphoric acid groups is 4. The van der Waals surface area contributed by atoms with Crippen LogP contribution >= 0.6 is 31.3 Å². The molecule has 0 bridgehead atoms. The van der Waals surface area contributed by atoms with Crippen LogP contribution in [0.3, 0.4) is 0 Å². The van der Waals surface area contributed by atoms with Crippen molar-refractivity contribution in [1.29, 1.82) is 0 Å². The molecular weight excluding hydrogens is 702 g/mol. The third kappa shape index (κ3) is 2060. The van der Waals surface area contributed by atoms with E-state index in [4.69, 9.17) is 77.0 Å². The van der Waals surface area contributed by atoms with E-state index < -0.39 is 31.3 Å². The smallest absolute Gasteiger partial charge is 0.822 e. The Hall–Kier alpha value is 2.97. The van der Waals surface area contributed by atoms with Crippen LogP contribution < -0.4 is 58.7 Å². The average Bonchev–Trinajstić information content (AvgIpc) is 1.62. The van der Waals surface area contributed by atoms with Gasteiger partial charge in [-0.15, -0.1) is 0 Å². The largest absolute Gasteiger partial charge is 4.00 e. The molecule has 0 aliphatic rings. The molecule has 0 unspecified atom stereocenters. The molecule has 0 fully saturated rings. The minimum atomic E-state index is -5.39. The summed E-state index contributed by atoms with van der Waals surface area (Å²) < 4.78 is 34.2. The monoisotopic (exact) mass is 704 g/mol. The van der Waals surface area contributed by atoms with Crippen LogP contribution in [-0.2, 0) is 96.9 Å². The van der Waals surface area contributed by atoms with E-state index in [0.29, 0.717) is 0 Å². The van der Waals surface area contributed by atoms with Crippen molar-refractivity contribution >= 4 is 31.3 Å². The van der Waals surface area contributed by atoms with Crippen molar-refractivity contribution < 1.29 is 172 Å². The first-order chi connectivity index (χ1) is 8.00. The van der Waals surface area contributed by atoms with Gasteiger partial charge in [0.15, 0.2) is 0 Å². The first-order valence-electron chi connectivity index (χ1n) is 2.92. The van der Waals surface area contributed by atoms with Crippen molar-refractivity contribution in [3.8, 4) is 0 Å². The molecule has 0 spiro atoms. The fourth-order valence-corrected chi connectivity index (χ4v) is 0. The quantitative estimate of drug-likeness (QED) is 0.211. The summed E-state index contributed by atoms with van der Waals surface area (Å²) in [5.41, 5.74) is 0. The molecule has 0 saturated heterocycles. The van der Waals surface area contributed by atoms with Crippen LogP contribution in [0.25, 0.3) is 0 Å². The first kappa shape index (κ1) is 63.0. The molecule has 0 aromatic heterocycles. The Kier molecular flexibility index (Phi) is 67.7. The second kappa shape index (κ2) is 28.0. The van der Waals surface area contributed by atoms with Crippen LogP contribution in [0.2, 0.25) is 0 Å². The molecule has 0 heterocycles. The Morgan fingerprint density at radius 2 is 0.308 bits per heavy atom. The van der Waals surface area contributed by atoms with Gasteiger partial charge in [0.25, 0.3) is 0 Å². The van der Waals surface area contributed by atoms with Gasteiger partial charge >= 0.3 is 78.6 Å². The summed E-state index contributed by atoms with van der Waals surface area (Å²) in [6, 6.07) is 0. The summed E-state index contributed by atoms with van der Waals surface area (Å²) in [6.07, 6.45) is 0. The van der Waals surface area contributed by atoms with E-state index in [1.54, 1.807) is 0 Å². The standard InChI is InChI=1S/4H3O4P.3H2O.3Zr/c4*1-5(2,3)4;;;;;;/h4*(H3,1,2,3,4);3*1H2;;;/q;;;;;;;3*+4/p-12. The maximum atomic E-state index is 8.55. The maximum Gasteiger partial charge on any atom is 4.00 e. The molecule has 0 amide bonds. The van der Waals surface area contributed by atoms with Crippen molar-refractivity contribution in [2.45, 2.75) is 0 Å². The van der Waals surface area contributed by atoms with Crippen molar-refractivity contribution in [2.24, 2.45) is 0 Å². The van der Waals surface area contributed by atoms with Crippen molar-refractivity contribution in [2.75, 3.05) is 0 Å². The summed E-state index contributed by atoms with van der Waals surface area (Å²) in [6.45, 7) is 0. The van der Waals surface area contributed by atoms with Gasteiger partial charge in [0.05, 0.1) is 0 Å². The number of hydrogen-bond acceptors (Lipinski definition) is 16. The predicted octanol–water partition coefficient (Wildman–Crippen LogP) is -13.8. The molecule has 6 N–H and O–H groups in total. The van der Waals surface area contributed by atoms with Gasteiger partial charge < -0.3 is 93.4 Å². The average molecular weight is 708 g/mol. The Bertz CT molecular complexity index is 293. The van der Waals surface area contributed by atoms with E-state index in [-0.39, 0.29) is 95.0 Å². The molecule has 0 radical (unpaired) electrons. The van der Waals surface area contributed by atoms with E-state index in [9.17, 15) is 0 Å². The zero-order chi connectivity index (χ0) is 18.0. The normalized spacial score (nSPS) is 9.08. The van der Waals surface area contributed by atoms with Gasteiger partial charge in [-0.2, -0.15) is 31.3 Å². The summed E-state index contributed by atoms with van der Waals surface area (Å²) >= 11 is 0. The molecule has 0 saturated carbocycles. The van der Waals surface area contributed by atoms with Gasteiger partial charge in [0.1, 0.15) is 0 Å². The molecule has 26 heavy (non-hydrogen) atoms. The Morgan fingerprint density at radius 1 is 0.308 bits per heavy atom. The van der Waals surface area contributed by atoms with Crippen molar-refractivity contribution in [1.82, 2.24) is 0 Å². The predicted molar refractivity (Wildman–Crippen MR) is 41.3 cm³/mol. The van der Waals surface area contributed by atoms with E-state index in [1.807, 2.05) is 0 Å². The Morgan fingerprint density at radius 3 is 0.308 bits per heavy atom. The molecule has 19 nitrogen and oxygen atoms in total. The first-order valence-corrected chi connectivity index (χ1v) is 8.76. The summed E-state index contributed by atoms with van der Waals surface area (Å²) in [5, 5.41) is 0. The van der Waals surface area contributed by atoms with Gasteiger partial charge in [0.2, 0.25) is 0 Å². The maximum absolute atomic E-state index is 8.55. The van der Waals surface area contributed by atoms with E-state index in [0.717, 1.165) is 0 Å². The van der Waals surface area contributed by atoms with Crippen LogP contribution in [0, 0.1) is 0 Å². The van der Waals surface area contributed by atoms with Crippen molar-refractivity contribution in [3.63, 3.8) is 0 Å². The number of hydrogen-bond donors (Lipinski definition) is 0. The van der Waals surface area contributed by atoms with Crippen LogP contribution in [0.4, 0.5) is 0 Å². The van der Waals surface area contributed by atoms with Gasteiger partial charge in [-0.25, -0.2) is 0 Å². The van der Waals surface area contributed by atoms with Gasteiger partial charge in [0, 0.05) is 0 Å². The molecule has 0 aliphatic carbocycles. The molecule has 0 aromatic carbocycles. The molecule has 152 valence electrons. The summed E-state index contributed by atoms with van der Waals surface area (Å²) in [5.74, 6) is 0. The molecule has 0 atom stereocenters. The SMILES string of the molecule is O.O.O.O=P([O-])([O-])[O-].O=P([O-])([O-])[O-].O=P([O-])([O-])[O-].O=P([O-])([O-])[O-].[Zr+4].[Zr+4].[Zr+4]. The third-order valence-corrected chi connectivity index (χ3v) is 0. The molecule has 0 rings (SSSR count). The molecule has 0 aliphatic heterocycles. The van der Waals surface area contributed by atoms with Gasteiger partial charge in [-0.3, -0.25) is 0 Å². The minimum Gasteiger partial charge on any atom is -0.822 e. The van der Waals surface area contributed by atoms with Crippen LogP contribution in [0.1, 0.15) is 0 Å². The topological polar surface area (TPSA) is 440 Å². The molecule has 0 aromatic rings. The minimum absolute atomic E-state index is 0.